The molecule has 0 amide bonds. The fourth-order valence-corrected chi connectivity index (χ4v) is 1.45. The third-order valence-corrected chi connectivity index (χ3v) is 2.31. The van der Waals surface area contributed by atoms with Gasteiger partial charge in [0.25, 0.3) is 0 Å². The minimum absolute atomic E-state index is 0.615. The van der Waals surface area contributed by atoms with Crippen LogP contribution in [0, 0.1) is 0 Å². The SMILES string of the molecule is C=CCNC(=NCc1cccc(OC)c1)NCC. The Labute approximate surface area is 109 Å². The topological polar surface area (TPSA) is 45.7 Å². The van der Waals surface area contributed by atoms with Gasteiger partial charge in [0.15, 0.2) is 5.96 Å². The molecule has 0 aliphatic carbocycles. The number of hydrogen-bond acceptors (Lipinski definition) is 2. The Morgan fingerprint density at radius 3 is 2.94 bits per heavy atom. The second-order valence-electron chi connectivity index (χ2n) is 3.72. The maximum atomic E-state index is 5.18. The van der Waals surface area contributed by atoms with Crippen molar-refractivity contribution in [2.24, 2.45) is 4.99 Å². The van der Waals surface area contributed by atoms with Crippen LogP contribution in [0.2, 0.25) is 0 Å². The van der Waals surface area contributed by atoms with Gasteiger partial charge in [-0.15, -0.1) is 6.58 Å². The van der Waals surface area contributed by atoms with Crippen LogP contribution < -0.4 is 15.4 Å². The summed E-state index contributed by atoms with van der Waals surface area (Å²) in [7, 11) is 1.66. The van der Waals surface area contributed by atoms with Crippen LogP contribution in [0.4, 0.5) is 0 Å². The highest BCUT2D eigenvalue weighted by Crippen LogP contribution is 2.12. The van der Waals surface area contributed by atoms with E-state index in [9.17, 15) is 0 Å². The van der Waals surface area contributed by atoms with Crippen molar-refractivity contribution >= 4 is 5.96 Å². The van der Waals surface area contributed by atoms with Crippen LogP contribution in [-0.4, -0.2) is 26.2 Å². The highest BCUT2D eigenvalue weighted by atomic mass is 16.5. The second-order valence-corrected chi connectivity index (χ2v) is 3.72. The maximum absolute atomic E-state index is 5.18. The van der Waals surface area contributed by atoms with Gasteiger partial charge in [0, 0.05) is 13.1 Å². The average molecular weight is 247 g/mol. The molecule has 0 aliphatic heterocycles. The quantitative estimate of drug-likeness (QED) is 0.459. The minimum atomic E-state index is 0.615. The van der Waals surface area contributed by atoms with Gasteiger partial charge < -0.3 is 15.4 Å². The zero-order valence-electron chi connectivity index (χ0n) is 11.1. The van der Waals surface area contributed by atoms with E-state index in [4.69, 9.17) is 4.74 Å². The normalized spacial score (nSPS) is 10.9. The molecule has 18 heavy (non-hydrogen) atoms. The molecule has 1 aromatic carbocycles. The molecule has 0 saturated carbocycles. The van der Waals surface area contributed by atoms with Crippen LogP contribution in [0.1, 0.15) is 12.5 Å². The molecule has 4 nitrogen and oxygen atoms in total. The number of nitrogens with zero attached hydrogens (tertiary/aromatic N) is 1. The van der Waals surface area contributed by atoms with Crippen LogP contribution in [0.25, 0.3) is 0 Å². The van der Waals surface area contributed by atoms with E-state index in [2.05, 4.69) is 22.2 Å². The average Bonchev–Trinajstić information content (AvgIpc) is 2.42. The molecule has 0 atom stereocenters. The van der Waals surface area contributed by atoms with Crippen LogP contribution in [0.15, 0.2) is 41.9 Å². The monoisotopic (exact) mass is 247 g/mol. The molecule has 0 fully saturated rings. The largest absolute Gasteiger partial charge is 0.497 e. The number of guanidine groups is 1. The molecule has 0 unspecified atom stereocenters. The Morgan fingerprint density at radius 2 is 2.28 bits per heavy atom. The zero-order valence-corrected chi connectivity index (χ0v) is 11.1. The number of methoxy groups -OCH3 is 1. The van der Waals surface area contributed by atoms with Gasteiger partial charge in [-0.1, -0.05) is 18.2 Å². The Hall–Kier alpha value is -1.97. The van der Waals surface area contributed by atoms with Crippen molar-refractivity contribution in [1.29, 1.82) is 0 Å². The minimum Gasteiger partial charge on any atom is -0.497 e. The Bertz CT molecular complexity index is 402. The van der Waals surface area contributed by atoms with Crippen LogP contribution in [0.3, 0.4) is 0 Å². The van der Waals surface area contributed by atoms with Crippen molar-refractivity contribution in [2.45, 2.75) is 13.5 Å². The van der Waals surface area contributed by atoms with E-state index >= 15 is 0 Å². The number of rotatable bonds is 6. The smallest absolute Gasteiger partial charge is 0.191 e. The molecule has 0 aliphatic rings. The third kappa shape index (κ3) is 4.91. The molecule has 1 rings (SSSR count). The van der Waals surface area contributed by atoms with Gasteiger partial charge in [0.05, 0.1) is 13.7 Å². The lowest BCUT2D eigenvalue weighted by atomic mass is 10.2. The summed E-state index contributed by atoms with van der Waals surface area (Å²) in [5.74, 6) is 1.65. The van der Waals surface area contributed by atoms with E-state index in [0.717, 1.165) is 23.8 Å². The molecule has 0 bridgehead atoms. The number of aliphatic imine (C=N–C) groups is 1. The van der Waals surface area contributed by atoms with E-state index in [1.54, 1.807) is 13.2 Å². The first-order valence-corrected chi connectivity index (χ1v) is 6.06. The first kappa shape index (κ1) is 14.1. The van der Waals surface area contributed by atoms with E-state index in [1.165, 1.54) is 0 Å². The van der Waals surface area contributed by atoms with Gasteiger partial charge in [0.1, 0.15) is 5.75 Å². The molecular formula is C14H21N3O. The predicted octanol–water partition coefficient (Wildman–Crippen LogP) is 1.94. The van der Waals surface area contributed by atoms with Gasteiger partial charge in [0.2, 0.25) is 0 Å². The summed E-state index contributed by atoms with van der Waals surface area (Å²) in [6.07, 6.45) is 1.80. The first-order chi connectivity index (χ1) is 8.80. The van der Waals surface area contributed by atoms with Gasteiger partial charge >= 0.3 is 0 Å². The van der Waals surface area contributed by atoms with Crippen molar-refractivity contribution in [2.75, 3.05) is 20.2 Å². The van der Waals surface area contributed by atoms with E-state index in [0.29, 0.717) is 13.1 Å². The van der Waals surface area contributed by atoms with E-state index in [1.807, 2.05) is 31.2 Å². The molecule has 4 heteroatoms. The Balaban J connectivity index is 2.64. The summed E-state index contributed by atoms with van der Waals surface area (Å²) in [4.78, 5) is 4.49. The molecule has 0 radical (unpaired) electrons. The fraction of sp³-hybridized carbons (Fsp3) is 0.357. The van der Waals surface area contributed by atoms with E-state index < -0.39 is 0 Å². The maximum Gasteiger partial charge on any atom is 0.191 e. The van der Waals surface area contributed by atoms with Gasteiger partial charge in [-0.05, 0) is 24.6 Å². The van der Waals surface area contributed by atoms with Gasteiger partial charge in [-0.3, -0.25) is 0 Å². The number of ether oxygens (including phenoxy) is 1. The summed E-state index contributed by atoms with van der Waals surface area (Å²) in [5, 5.41) is 6.33. The Morgan fingerprint density at radius 1 is 1.44 bits per heavy atom. The molecule has 2 N–H and O–H groups in total. The predicted molar refractivity (Wildman–Crippen MR) is 76.0 cm³/mol. The summed E-state index contributed by atoms with van der Waals surface area (Å²) in [6, 6.07) is 7.91. The summed E-state index contributed by atoms with van der Waals surface area (Å²) in [5.41, 5.74) is 1.12. The molecule has 0 heterocycles. The standard InChI is InChI=1S/C14H21N3O/c1-4-9-16-14(15-5-2)17-11-12-7-6-8-13(10-12)18-3/h4,6-8,10H,1,5,9,11H2,2-3H3,(H2,15,16,17). The number of benzene rings is 1. The first-order valence-electron chi connectivity index (χ1n) is 6.06. The molecule has 0 saturated heterocycles. The lowest BCUT2D eigenvalue weighted by molar-refractivity contribution is 0.414. The van der Waals surface area contributed by atoms with Crippen LogP contribution in [0.5, 0.6) is 5.75 Å². The molecule has 0 aromatic heterocycles. The van der Waals surface area contributed by atoms with Gasteiger partial charge in [-0.25, -0.2) is 4.99 Å². The van der Waals surface area contributed by atoms with Crippen molar-refractivity contribution in [1.82, 2.24) is 10.6 Å². The number of hydrogen-bond donors (Lipinski definition) is 2. The highest BCUT2D eigenvalue weighted by Gasteiger charge is 1.97. The van der Waals surface area contributed by atoms with Crippen molar-refractivity contribution < 1.29 is 4.74 Å². The molecule has 1 aromatic rings. The third-order valence-electron chi connectivity index (χ3n) is 2.31. The molecule has 0 spiro atoms. The Kier molecular flexibility index (Phi) is 6.40. The van der Waals surface area contributed by atoms with Crippen molar-refractivity contribution in [3.8, 4) is 5.75 Å². The lowest BCUT2D eigenvalue weighted by Gasteiger charge is -2.09. The molecular weight excluding hydrogens is 226 g/mol. The second kappa shape index (κ2) is 8.17. The van der Waals surface area contributed by atoms with Crippen LogP contribution in [-0.2, 0) is 6.54 Å². The molecule has 98 valence electrons. The van der Waals surface area contributed by atoms with Crippen LogP contribution >= 0.6 is 0 Å². The summed E-state index contributed by atoms with van der Waals surface area (Å²) < 4.78 is 5.18. The summed E-state index contributed by atoms with van der Waals surface area (Å²) >= 11 is 0. The lowest BCUT2D eigenvalue weighted by Crippen LogP contribution is -2.37. The van der Waals surface area contributed by atoms with Crippen molar-refractivity contribution in [3.63, 3.8) is 0 Å². The zero-order chi connectivity index (χ0) is 13.2. The number of nitrogens with one attached hydrogen (secondary N) is 2. The fourth-order valence-electron chi connectivity index (χ4n) is 1.45. The van der Waals surface area contributed by atoms with Gasteiger partial charge in [-0.2, -0.15) is 0 Å². The summed E-state index contributed by atoms with van der Waals surface area (Å²) in [6.45, 7) is 7.86. The highest BCUT2D eigenvalue weighted by molar-refractivity contribution is 5.79. The van der Waals surface area contributed by atoms with E-state index in [-0.39, 0.29) is 0 Å². The van der Waals surface area contributed by atoms with Crippen molar-refractivity contribution in [3.05, 3.63) is 42.5 Å².